The summed E-state index contributed by atoms with van der Waals surface area (Å²) in [5.41, 5.74) is 8.78. The van der Waals surface area contributed by atoms with Crippen molar-refractivity contribution in [3.63, 3.8) is 0 Å². The minimum atomic E-state index is -0.252. The molecule has 0 saturated carbocycles. The quantitative estimate of drug-likeness (QED) is 0.831. The number of aromatic nitrogens is 1. The predicted octanol–water partition coefficient (Wildman–Crippen LogP) is 4.18. The number of benzene rings is 1. The predicted molar refractivity (Wildman–Crippen MR) is 98.9 cm³/mol. The summed E-state index contributed by atoms with van der Waals surface area (Å²) in [4.78, 5) is 18.2. The van der Waals surface area contributed by atoms with Crippen LogP contribution in [0, 0.1) is 0 Å². The third kappa shape index (κ3) is 3.82. The second kappa shape index (κ2) is 7.38. The number of carbonyl (C=O) groups is 1. The van der Waals surface area contributed by atoms with Gasteiger partial charge in [-0.05, 0) is 30.2 Å². The zero-order valence-corrected chi connectivity index (χ0v) is 14.4. The Kier molecular flexibility index (Phi) is 5.03. The van der Waals surface area contributed by atoms with Gasteiger partial charge in [-0.25, -0.2) is 9.78 Å². The fourth-order valence-corrected chi connectivity index (χ4v) is 3.06. The minimum Gasteiger partial charge on any atom is -0.446 e. The average Bonchev–Trinajstić information content (AvgIpc) is 2.62. The van der Waals surface area contributed by atoms with E-state index < -0.39 is 0 Å². The van der Waals surface area contributed by atoms with Crippen LogP contribution in [0.15, 0.2) is 55.3 Å². The molecule has 2 aromatic rings. The molecule has 2 atom stereocenters. The molecule has 5 nitrogen and oxygen atoms in total. The first-order chi connectivity index (χ1) is 12.1. The highest BCUT2D eigenvalue weighted by Gasteiger charge is 2.30. The van der Waals surface area contributed by atoms with E-state index in [2.05, 4.69) is 11.6 Å². The Morgan fingerprint density at radius 1 is 1.32 bits per heavy atom. The van der Waals surface area contributed by atoms with Crippen molar-refractivity contribution in [2.45, 2.75) is 31.9 Å². The van der Waals surface area contributed by atoms with Crippen molar-refractivity contribution in [2.24, 2.45) is 0 Å². The van der Waals surface area contributed by atoms with E-state index in [-0.39, 0.29) is 18.2 Å². The molecule has 1 amide bonds. The van der Waals surface area contributed by atoms with Gasteiger partial charge in [-0.15, -0.1) is 6.58 Å². The average molecular weight is 337 g/mol. The maximum Gasteiger partial charge on any atom is 0.410 e. The van der Waals surface area contributed by atoms with Gasteiger partial charge in [-0.1, -0.05) is 30.3 Å². The summed E-state index contributed by atoms with van der Waals surface area (Å²) in [5, 5.41) is 0. The summed E-state index contributed by atoms with van der Waals surface area (Å²) in [5.74, 6) is 0.507. The van der Waals surface area contributed by atoms with Crippen LogP contribution < -0.4 is 5.73 Å². The van der Waals surface area contributed by atoms with Crippen molar-refractivity contribution in [1.82, 2.24) is 9.88 Å². The third-order valence-electron chi connectivity index (χ3n) is 4.60. The Morgan fingerprint density at radius 2 is 2.04 bits per heavy atom. The first kappa shape index (κ1) is 17.0. The van der Waals surface area contributed by atoms with Gasteiger partial charge in [0.05, 0.1) is 6.04 Å². The highest BCUT2D eigenvalue weighted by molar-refractivity contribution is 5.69. The molecular weight excluding hydrogens is 314 g/mol. The number of cyclic esters (lactones) is 1. The van der Waals surface area contributed by atoms with Crippen molar-refractivity contribution in [3.8, 4) is 11.1 Å². The molecule has 0 aliphatic carbocycles. The van der Waals surface area contributed by atoms with Crippen LogP contribution in [0.3, 0.4) is 0 Å². The van der Waals surface area contributed by atoms with Crippen molar-refractivity contribution < 1.29 is 9.53 Å². The fraction of sp³-hybridized carbons (Fsp3) is 0.300. The van der Waals surface area contributed by atoms with Crippen molar-refractivity contribution in [3.05, 3.63) is 60.8 Å². The molecule has 3 rings (SSSR count). The Labute approximate surface area is 148 Å². The van der Waals surface area contributed by atoms with Crippen LogP contribution in [0.1, 0.15) is 31.4 Å². The molecule has 2 N–H and O–H groups in total. The Balaban J connectivity index is 1.70. The molecule has 1 aromatic carbocycles. The normalized spacial score (nSPS) is 18.5. The van der Waals surface area contributed by atoms with Crippen molar-refractivity contribution >= 4 is 11.9 Å². The van der Waals surface area contributed by atoms with Gasteiger partial charge in [0, 0.05) is 31.1 Å². The molecule has 0 spiro atoms. The van der Waals surface area contributed by atoms with Gasteiger partial charge in [0.2, 0.25) is 0 Å². The van der Waals surface area contributed by atoms with Crippen LogP contribution >= 0.6 is 0 Å². The number of rotatable bonds is 5. The topological polar surface area (TPSA) is 68.5 Å². The number of anilines is 1. The Hall–Kier alpha value is -2.82. The van der Waals surface area contributed by atoms with Crippen LogP contribution in [-0.2, 0) is 4.74 Å². The number of nitrogens with two attached hydrogens (primary N) is 1. The molecule has 0 bridgehead atoms. The molecule has 1 fully saturated rings. The van der Waals surface area contributed by atoms with Crippen LogP contribution in [0.2, 0.25) is 0 Å². The van der Waals surface area contributed by atoms with E-state index in [1.165, 1.54) is 0 Å². The summed E-state index contributed by atoms with van der Waals surface area (Å²) < 4.78 is 5.48. The molecule has 5 heteroatoms. The van der Waals surface area contributed by atoms with Crippen LogP contribution in [0.4, 0.5) is 10.6 Å². The van der Waals surface area contributed by atoms with Gasteiger partial charge in [-0.3, -0.25) is 0 Å². The number of hydrogen-bond acceptors (Lipinski definition) is 4. The zero-order chi connectivity index (χ0) is 17.8. The molecule has 1 aliphatic heterocycles. The largest absolute Gasteiger partial charge is 0.446 e. The SMILES string of the molecule is C=CC[C@@H]1CCN([C@@H](C)c2ccc(-c3ccc(N)nc3)cc2)C(=O)O1. The van der Waals surface area contributed by atoms with Gasteiger partial charge in [0.15, 0.2) is 0 Å². The summed E-state index contributed by atoms with van der Waals surface area (Å²) >= 11 is 0. The number of amides is 1. The van der Waals surface area contributed by atoms with Gasteiger partial charge in [0.1, 0.15) is 11.9 Å². The standard InChI is InChI=1S/C20H23N3O2/c1-3-4-18-11-12-23(20(24)25-18)14(2)15-5-7-16(8-6-15)17-9-10-19(21)22-13-17/h3,5-10,13-14,18H,1,4,11-12H2,2H3,(H2,21,22)/t14-,18+/m0/s1. The second-order valence-corrected chi connectivity index (χ2v) is 6.28. The van der Waals surface area contributed by atoms with Crippen LogP contribution in [-0.4, -0.2) is 28.6 Å². The molecule has 2 heterocycles. The van der Waals surface area contributed by atoms with E-state index in [0.29, 0.717) is 18.8 Å². The molecule has 130 valence electrons. The lowest BCUT2D eigenvalue weighted by molar-refractivity contribution is 0.0146. The second-order valence-electron chi connectivity index (χ2n) is 6.28. The Morgan fingerprint density at radius 3 is 2.64 bits per heavy atom. The fourth-order valence-electron chi connectivity index (χ4n) is 3.06. The molecule has 1 saturated heterocycles. The maximum atomic E-state index is 12.3. The van der Waals surface area contributed by atoms with Gasteiger partial charge < -0.3 is 15.4 Å². The molecule has 1 aromatic heterocycles. The number of ether oxygens (including phenoxy) is 1. The highest BCUT2D eigenvalue weighted by Crippen LogP contribution is 2.28. The van der Waals surface area contributed by atoms with Crippen molar-refractivity contribution in [2.75, 3.05) is 12.3 Å². The number of nitrogen functional groups attached to an aromatic ring is 1. The van der Waals surface area contributed by atoms with Gasteiger partial charge >= 0.3 is 6.09 Å². The molecule has 1 aliphatic rings. The first-order valence-corrected chi connectivity index (χ1v) is 8.48. The monoisotopic (exact) mass is 337 g/mol. The van der Waals surface area contributed by atoms with E-state index in [0.717, 1.165) is 23.1 Å². The van der Waals surface area contributed by atoms with E-state index in [4.69, 9.17) is 10.5 Å². The van der Waals surface area contributed by atoms with Crippen molar-refractivity contribution in [1.29, 1.82) is 0 Å². The lowest BCUT2D eigenvalue weighted by Crippen LogP contribution is -2.43. The molecular formula is C20H23N3O2. The zero-order valence-electron chi connectivity index (χ0n) is 14.4. The lowest BCUT2D eigenvalue weighted by atomic mass is 10.0. The first-order valence-electron chi connectivity index (χ1n) is 8.48. The minimum absolute atomic E-state index is 0.0317. The summed E-state index contributed by atoms with van der Waals surface area (Å²) in [6.45, 7) is 6.42. The van der Waals surface area contributed by atoms with E-state index >= 15 is 0 Å². The molecule has 0 unspecified atom stereocenters. The van der Waals surface area contributed by atoms with Crippen LogP contribution in [0.25, 0.3) is 11.1 Å². The summed E-state index contributed by atoms with van der Waals surface area (Å²) in [6.07, 6.45) is 4.79. The lowest BCUT2D eigenvalue weighted by Gasteiger charge is -2.35. The molecule has 0 radical (unpaired) electrons. The number of hydrogen-bond donors (Lipinski definition) is 1. The van der Waals surface area contributed by atoms with Crippen LogP contribution in [0.5, 0.6) is 0 Å². The van der Waals surface area contributed by atoms with Gasteiger partial charge in [0.25, 0.3) is 0 Å². The van der Waals surface area contributed by atoms with E-state index in [1.54, 1.807) is 23.2 Å². The highest BCUT2D eigenvalue weighted by atomic mass is 16.6. The number of pyridine rings is 1. The molecule has 25 heavy (non-hydrogen) atoms. The Bertz CT molecular complexity index is 741. The summed E-state index contributed by atoms with van der Waals surface area (Å²) in [6, 6.07) is 11.9. The van der Waals surface area contributed by atoms with E-state index in [1.807, 2.05) is 37.3 Å². The van der Waals surface area contributed by atoms with E-state index in [9.17, 15) is 4.79 Å². The smallest absolute Gasteiger partial charge is 0.410 e. The van der Waals surface area contributed by atoms with Gasteiger partial charge in [-0.2, -0.15) is 0 Å². The third-order valence-corrected chi connectivity index (χ3v) is 4.60. The number of nitrogens with zero attached hydrogens (tertiary/aromatic N) is 2. The number of carbonyl (C=O) groups excluding carboxylic acids is 1. The summed E-state index contributed by atoms with van der Waals surface area (Å²) in [7, 11) is 0. The maximum absolute atomic E-state index is 12.3.